The largest absolute Gasteiger partial charge is 0.487 e. The fourth-order valence-electron chi connectivity index (χ4n) is 4.10. The average Bonchev–Trinajstić information content (AvgIpc) is 2.92. The van der Waals surface area contributed by atoms with Gasteiger partial charge in [-0.05, 0) is 64.5 Å². The zero-order valence-corrected chi connectivity index (χ0v) is 24.1. The number of carbonyl (C=O) groups is 3. The summed E-state index contributed by atoms with van der Waals surface area (Å²) in [6.45, 7) is 0.155. The summed E-state index contributed by atoms with van der Waals surface area (Å²) >= 11 is 13.3. The van der Waals surface area contributed by atoms with Crippen molar-refractivity contribution in [3.05, 3.63) is 128 Å². The van der Waals surface area contributed by atoms with Gasteiger partial charge in [-0.15, -0.1) is 0 Å². The van der Waals surface area contributed by atoms with Gasteiger partial charge in [-0.3, -0.25) is 9.59 Å². The maximum atomic E-state index is 13.7. The first kappa shape index (κ1) is 26.9. The van der Waals surface area contributed by atoms with Gasteiger partial charge in [0.15, 0.2) is 0 Å². The Hall–Kier alpha value is -3.72. The zero-order valence-electron chi connectivity index (χ0n) is 20.2. The fraction of sp³-hybridized carbons (Fsp3) is 0.0333. The van der Waals surface area contributed by atoms with E-state index in [9.17, 15) is 14.4 Å². The number of barbiturate groups is 1. The van der Waals surface area contributed by atoms with E-state index in [-0.39, 0.29) is 12.2 Å². The standard InChI is InChI=1S/C30H19Br2ClN2O4/c31-21-15-20(27(25(32)17-21)39-18-19-9-7-8-14-26(19)33)16-24-28(36)34(22-10-3-1-4-11-22)30(38)35(29(24)37)23-12-5-2-6-13-23/h1-17H,18H2. The lowest BCUT2D eigenvalue weighted by Crippen LogP contribution is -2.57. The second-order valence-corrected chi connectivity index (χ2v) is 10.7. The van der Waals surface area contributed by atoms with Gasteiger partial charge >= 0.3 is 6.03 Å². The lowest BCUT2D eigenvalue weighted by atomic mass is 10.0. The molecule has 39 heavy (non-hydrogen) atoms. The topological polar surface area (TPSA) is 66.9 Å². The lowest BCUT2D eigenvalue weighted by Gasteiger charge is -2.34. The molecule has 0 unspecified atom stereocenters. The molecule has 9 heteroatoms. The molecule has 0 N–H and O–H groups in total. The average molecular weight is 667 g/mol. The first-order valence-electron chi connectivity index (χ1n) is 11.7. The summed E-state index contributed by atoms with van der Waals surface area (Å²) in [7, 11) is 0. The van der Waals surface area contributed by atoms with Gasteiger partial charge in [-0.2, -0.15) is 0 Å². The summed E-state index contributed by atoms with van der Waals surface area (Å²) in [5.41, 5.74) is 1.72. The highest BCUT2D eigenvalue weighted by Gasteiger charge is 2.43. The molecule has 1 saturated heterocycles. The second-order valence-electron chi connectivity index (χ2n) is 8.48. The highest BCUT2D eigenvalue weighted by Crippen LogP contribution is 2.37. The predicted octanol–water partition coefficient (Wildman–Crippen LogP) is 8.03. The molecule has 4 aromatic rings. The molecule has 4 aromatic carbocycles. The fourth-order valence-corrected chi connectivity index (χ4v) is 5.66. The summed E-state index contributed by atoms with van der Waals surface area (Å²) in [4.78, 5) is 43.0. The summed E-state index contributed by atoms with van der Waals surface area (Å²) in [6, 6.07) is 27.1. The van der Waals surface area contributed by atoms with E-state index >= 15 is 0 Å². The van der Waals surface area contributed by atoms with E-state index in [0.717, 1.165) is 15.4 Å². The van der Waals surface area contributed by atoms with Crippen LogP contribution in [0.1, 0.15) is 11.1 Å². The Labute approximate surface area is 246 Å². The van der Waals surface area contributed by atoms with Crippen molar-refractivity contribution in [2.24, 2.45) is 0 Å². The highest BCUT2D eigenvalue weighted by atomic mass is 79.9. The summed E-state index contributed by atoms with van der Waals surface area (Å²) in [5.74, 6) is -1.08. The Morgan fingerprint density at radius 1 is 0.744 bits per heavy atom. The van der Waals surface area contributed by atoms with E-state index in [2.05, 4.69) is 31.9 Å². The van der Waals surface area contributed by atoms with E-state index in [0.29, 0.717) is 36.7 Å². The summed E-state index contributed by atoms with van der Waals surface area (Å²) < 4.78 is 7.42. The first-order chi connectivity index (χ1) is 18.8. The van der Waals surface area contributed by atoms with Crippen molar-refractivity contribution in [1.82, 2.24) is 0 Å². The van der Waals surface area contributed by atoms with Crippen molar-refractivity contribution in [3.63, 3.8) is 0 Å². The molecule has 194 valence electrons. The van der Waals surface area contributed by atoms with Gasteiger partial charge in [-0.1, -0.05) is 82.1 Å². The van der Waals surface area contributed by atoms with E-state index in [1.165, 1.54) is 6.08 Å². The molecule has 6 nitrogen and oxygen atoms in total. The number of halogens is 3. The third-order valence-electron chi connectivity index (χ3n) is 5.95. The molecule has 0 aliphatic carbocycles. The van der Waals surface area contributed by atoms with Crippen LogP contribution in [0.5, 0.6) is 5.75 Å². The molecule has 0 spiro atoms. The van der Waals surface area contributed by atoms with E-state index in [1.807, 2.05) is 18.2 Å². The number of anilines is 2. The van der Waals surface area contributed by atoms with Crippen LogP contribution in [0.4, 0.5) is 16.2 Å². The quantitative estimate of drug-likeness (QED) is 0.154. The van der Waals surface area contributed by atoms with Gasteiger partial charge in [0.2, 0.25) is 0 Å². The molecule has 0 radical (unpaired) electrons. The SMILES string of the molecule is O=C1C(=Cc2cc(Br)cc(Br)c2OCc2ccccc2Cl)C(=O)N(c2ccccc2)C(=O)N1c1ccccc1. The number of urea groups is 1. The molecule has 1 heterocycles. The van der Waals surface area contributed by atoms with Gasteiger partial charge in [0.05, 0.1) is 15.8 Å². The monoisotopic (exact) mass is 664 g/mol. The number of hydrogen-bond donors (Lipinski definition) is 0. The van der Waals surface area contributed by atoms with Crippen LogP contribution in [-0.4, -0.2) is 17.8 Å². The molecule has 5 rings (SSSR count). The Morgan fingerprint density at radius 3 is 1.85 bits per heavy atom. The normalized spacial score (nSPS) is 13.6. The van der Waals surface area contributed by atoms with Crippen molar-refractivity contribution in [3.8, 4) is 5.75 Å². The third kappa shape index (κ3) is 5.54. The molecule has 1 aliphatic heterocycles. The molecule has 0 saturated carbocycles. The first-order valence-corrected chi connectivity index (χ1v) is 13.7. The van der Waals surface area contributed by atoms with Crippen LogP contribution >= 0.6 is 43.5 Å². The maximum absolute atomic E-state index is 13.7. The number of rotatable bonds is 6. The minimum atomic E-state index is -0.759. The minimum Gasteiger partial charge on any atom is -0.487 e. The number of carbonyl (C=O) groups excluding carboxylic acids is 3. The van der Waals surface area contributed by atoms with Crippen molar-refractivity contribution in [2.45, 2.75) is 6.61 Å². The van der Waals surface area contributed by atoms with Crippen LogP contribution < -0.4 is 14.5 Å². The molecule has 1 fully saturated rings. The van der Waals surface area contributed by atoms with Gasteiger partial charge in [0, 0.05) is 20.6 Å². The number of benzene rings is 4. The lowest BCUT2D eigenvalue weighted by molar-refractivity contribution is -0.121. The summed E-state index contributed by atoms with van der Waals surface area (Å²) in [5, 5.41) is 0.554. The number of amides is 4. The number of para-hydroxylation sites is 2. The Bertz CT molecular complexity index is 1550. The van der Waals surface area contributed by atoms with Crippen molar-refractivity contribution in [2.75, 3.05) is 9.80 Å². The number of nitrogens with zero attached hydrogens (tertiary/aromatic N) is 2. The van der Waals surface area contributed by atoms with Crippen molar-refractivity contribution in [1.29, 1.82) is 0 Å². The molecule has 0 aromatic heterocycles. The summed E-state index contributed by atoms with van der Waals surface area (Å²) in [6.07, 6.45) is 1.44. The number of hydrogen-bond acceptors (Lipinski definition) is 4. The molecule has 1 aliphatic rings. The maximum Gasteiger partial charge on any atom is 0.343 e. The molecule has 0 atom stereocenters. The van der Waals surface area contributed by atoms with Crippen LogP contribution in [0.15, 0.2) is 112 Å². The van der Waals surface area contributed by atoms with Gasteiger partial charge in [0.1, 0.15) is 17.9 Å². The molecule has 4 amide bonds. The van der Waals surface area contributed by atoms with Crippen LogP contribution in [0.25, 0.3) is 6.08 Å². The second kappa shape index (κ2) is 11.6. The zero-order chi connectivity index (χ0) is 27.5. The number of ether oxygens (including phenoxy) is 1. The van der Waals surface area contributed by atoms with Crippen LogP contribution in [0.2, 0.25) is 5.02 Å². The van der Waals surface area contributed by atoms with E-state index in [1.54, 1.807) is 78.9 Å². The molecule has 0 bridgehead atoms. The Morgan fingerprint density at radius 2 is 1.28 bits per heavy atom. The van der Waals surface area contributed by atoms with Crippen molar-refractivity contribution >= 4 is 78.8 Å². The van der Waals surface area contributed by atoms with Gasteiger partial charge in [-0.25, -0.2) is 14.6 Å². The van der Waals surface area contributed by atoms with Gasteiger partial charge in [0.25, 0.3) is 11.8 Å². The minimum absolute atomic E-state index is 0.155. The van der Waals surface area contributed by atoms with Gasteiger partial charge < -0.3 is 4.74 Å². The predicted molar refractivity (Wildman–Crippen MR) is 159 cm³/mol. The van der Waals surface area contributed by atoms with E-state index < -0.39 is 17.8 Å². The van der Waals surface area contributed by atoms with Crippen LogP contribution in [0.3, 0.4) is 0 Å². The third-order valence-corrected chi connectivity index (χ3v) is 7.36. The smallest absolute Gasteiger partial charge is 0.343 e. The molecular formula is C30H19Br2ClN2O4. The van der Waals surface area contributed by atoms with Crippen LogP contribution in [0, 0.1) is 0 Å². The van der Waals surface area contributed by atoms with Crippen molar-refractivity contribution < 1.29 is 19.1 Å². The highest BCUT2D eigenvalue weighted by molar-refractivity contribution is 9.11. The van der Waals surface area contributed by atoms with E-state index in [4.69, 9.17) is 16.3 Å². The Kier molecular flexibility index (Phi) is 7.97. The molecular weight excluding hydrogens is 648 g/mol. The number of imide groups is 2. The Balaban J connectivity index is 1.62. The van der Waals surface area contributed by atoms with Crippen LogP contribution in [-0.2, 0) is 16.2 Å².